The van der Waals surface area contributed by atoms with Gasteiger partial charge in [-0.15, -0.1) is 0 Å². The number of carbonyl (C=O) groups is 1. The van der Waals surface area contributed by atoms with E-state index in [1.54, 1.807) is 0 Å². The third-order valence-corrected chi connectivity index (χ3v) is 3.83. The molecule has 1 aliphatic heterocycles. The van der Waals surface area contributed by atoms with E-state index in [0.717, 1.165) is 43.9 Å². The summed E-state index contributed by atoms with van der Waals surface area (Å²) in [6, 6.07) is 7.58. The molecule has 0 spiro atoms. The van der Waals surface area contributed by atoms with Crippen LogP contribution in [-0.2, 0) is 6.42 Å². The number of nitrogens with zero attached hydrogens (tertiary/aromatic N) is 2. The van der Waals surface area contributed by atoms with Crippen molar-refractivity contribution >= 4 is 23.1 Å². The number of thiocarbonyl (C=S) groups is 1. The van der Waals surface area contributed by atoms with E-state index in [2.05, 4.69) is 11.8 Å². The second-order valence-corrected chi connectivity index (χ2v) is 5.59. The monoisotopic (exact) mass is 291 g/mol. The maximum atomic E-state index is 12.4. The lowest BCUT2D eigenvalue weighted by molar-refractivity contribution is 0.0643. The first-order valence-corrected chi connectivity index (χ1v) is 7.40. The van der Waals surface area contributed by atoms with Gasteiger partial charge >= 0.3 is 0 Å². The van der Waals surface area contributed by atoms with Gasteiger partial charge in [0, 0.05) is 38.2 Å². The van der Waals surface area contributed by atoms with Gasteiger partial charge in [-0.25, -0.2) is 0 Å². The Morgan fingerprint density at radius 3 is 2.30 bits per heavy atom. The summed E-state index contributed by atoms with van der Waals surface area (Å²) in [5, 5.41) is 0. The van der Waals surface area contributed by atoms with Crippen LogP contribution in [0.2, 0.25) is 0 Å². The molecule has 0 aliphatic carbocycles. The summed E-state index contributed by atoms with van der Waals surface area (Å²) in [6.07, 6.45) is 0.582. The number of rotatable bonds is 4. The summed E-state index contributed by atoms with van der Waals surface area (Å²) in [6.45, 7) is 6.74. The van der Waals surface area contributed by atoms with Crippen molar-refractivity contribution in [2.24, 2.45) is 5.73 Å². The number of benzene rings is 1. The Labute approximate surface area is 125 Å². The van der Waals surface area contributed by atoms with Crippen LogP contribution in [0.3, 0.4) is 0 Å². The Hall–Kier alpha value is -1.46. The van der Waals surface area contributed by atoms with Crippen LogP contribution in [0.5, 0.6) is 0 Å². The van der Waals surface area contributed by atoms with Crippen LogP contribution < -0.4 is 5.73 Å². The van der Waals surface area contributed by atoms with Gasteiger partial charge < -0.3 is 15.5 Å². The molecule has 20 heavy (non-hydrogen) atoms. The number of hydrogen-bond acceptors (Lipinski definition) is 3. The zero-order valence-corrected chi connectivity index (χ0v) is 12.7. The molecule has 1 amide bonds. The summed E-state index contributed by atoms with van der Waals surface area (Å²) < 4.78 is 0. The topological polar surface area (TPSA) is 49.6 Å². The Balaban J connectivity index is 1.97. The van der Waals surface area contributed by atoms with Gasteiger partial charge in [0.25, 0.3) is 5.91 Å². The molecule has 0 radical (unpaired) electrons. The second kappa shape index (κ2) is 6.81. The summed E-state index contributed by atoms with van der Waals surface area (Å²) in [4.78, 5) is 17.1. The van der Waals surface area contributed by atoms with Crippen molar-refractivity contribution in [2.75, 3.05) is 32.7 Å². The van der Waals surface area contributed by atoms with Gasteiger partial charge in [-0.2, -0.15) is 0 Å². The molecular weight excluding hydrogens is 270 g/mol. The standard InChI is InChI=1S/C15H21N3OS/c1-2-17-7-9-18(10-8-17)15(19)13-5-3-12(4-6-13)11-14(16)20/h3-6H,2,7-11H2,1H3,(H2,16,20). The van der Waals surface area contributed by atoms with E-state index in [1.165, 1.54) is 0 Å². The maximum Gasteiger partial charge on any atom is 0.253 e. The fraction of sp³-hybridized carbons (Fsp3) is 0.467. The van der Waals surface area contributed by atoms with Crippen LogP contribution >= 0.6 is 12.2 Å². The molecular formula is C15H21N3OS. The first kappa shape index (κ1) is 14.9. The normalized spacial score (nSPS) is 16.1. The third kappa shape index (κ3) is 3.77. The minimum absolute atomic E-state index is 0.114. The van der Waals surface area contributed by atoms with Gasteiger partial charge in [0.1, 0.15) is 0 Å². The van der Waals surface area contributed by atoms with E-state index in [9.17, 15) is 4.79 Å². The van der Waals surface area contributed by atoms with E-state index in [4.69, 9.17) is 18.0 Å². The predicted octanol–water partition coefficient (Wildman–Crippen LogP) is 1.29. The summed E-state index contributed by atoms with van der Waals surface area (Å²) in [5.74, 6) is 0.114. The molecule has 108 valence electrons. The highest BCUT2D eigenvalue weighted by atomic mass is 32.1. The molecule has 1 aromatic carbocycles. The van der Waals surface area contributed by atoms with E-state index in [0.29, 0.717) is 11.4 Å². The Morgan fingerprint density at radius 2 is 1.80 bits per heavy atom. The van der Waals surface area contributed by atoms with Crippen molar-refractivity contribution in [3.8, 4) is 0 Å². The van der Waals surface area contributed by atoms with E-state index < -0.39 is 0 Å². The van der Waals surface area contributed by atoms with Gasteiger partial charge in [-0.3, -0.25) is 4.79 Å². The van der Waals surface area contributed by atoms with E-state index in [-0.39, 0.29) is 5.91 Å². The van der Waals surface area contributed by atoms with Crippen LogP contribution in [-0.4, -0.2) is 53.4 Å². The summed E-state index contributed by atoms with van der Waals surface area (Å²) in [7, 11) is 0. The molecule has 0 saturated carbocycles. The van der Waals surface area contributed by atoms with Crippen molar-refractivity contribution in [1.29, 1.82) is 0 Å². The van der Waals surface area contributed by atoms with Gasteiger partial charge in [0.2, 0.25) is 0 Å². The average molecular weight is 291 g/mol. The molecule has 0 bridgehead atoms. The lowest BCUT2D eigenvalue weighted by Crippen LogP contribution is -2.48. The fourth-order valence-electron chi connectivity index (χ4n) is 2.42. The Morgan fingerprint density at radius 1 is 1.20 bits per heavy atom. The predicted molar refractivity (Wildman–Crippen MR) is 84.9 cm³/mol. The molecule has 0 unspecified atom stereocenters. The van der Waals surface area contributed by atoms with Crippen molar-refractivity contribution in [2.45, 2.75) is 13.3 Å². The molecule has 2 N–H and O–H groups in total. The van der Waals surface area contributed by atoms with Gasteiger partial charge in [-0.1, -0.05) is 31.3 Å². The number of hydrogen-bond donors (Lipinski definition) is 1. The highest BCUT2D eigenvalue weighted by Gasteiger charge is 2.21. The third-order valence-electron chi connectivity index (χ3n) is 3.69. The molecule has 0 atom stereocenters. The lowest BCUT2D eigenvalue weighted by atomic mass is 10.1. The van der Waals surface area contributed by atoms with Crippen LogP contribution in [0.25, 0.3) is 0 Å². The summed E-state index contributed by atoms with van der Waals surface area (Å²) >= 11 is 4.88. The molecule has 1 aliphatic rings. The fourth-order valence-corrected chi connectivity index (χ4v) is 2.58. The molecule has 0 aromatic heterocycles. The summed E-state index contributed by atoms with van der Waals surface area (Å²) in [5.41, 5.74) is 7.30. The number of likely N-dealkylation sites (N-methyl/N-ethyl adjacent to an activating group) is 1. The zero-order valence-electron chi connectivity index (χ0n) is 11.8. The van der Waals surface area contributed by atoms with Gasteiger partial charge in [-0.05, 0) is 24.2 Å². The number of amides is 1. The van der Waals surface area contributed by atoms with Crippen molar-refractivity contribution in [3.05, 3.63) is 35.4 Å². The average Bonchev–Trinajstić information content (AvgIpc) is 2.47. The molecule has 5 heteroatoms. The maximum absolute atomic E-state index is 12.4. The molecule has 1 saturated heterocycles. The highest BCUT2D eigenvalue weighted by Crippen LogP contribution is 2.11. The van der Waals surface area contributed by atoms with Crippen LogP contribution in [0, 0.1) is 0 Å². The van der Waals surface area contributed by atoms with E-state index >= 15 is 0 Å². The largest absolute Gasteiger partial charge is 0.393 e. The lowest BCUT2D eigenvalue weighted by Gasteiger charge is -2.34. The van der Waals surface area contributed by atoms with E-state index in [1.807, 2.05) is 29.2 Å². The van der Waals surface area contributed by atoms with Crippen LogP contribution in [0.1, 0.15) is 22.8 Å². The smallest absolute Gasteiger partial charge is 0.253 e. The van der Waals surface area contributed by atoms with Gasteiger partial charge in [0.15, 0.2) is 0 Å². The Bertz CT molecular complexity index is 478. The minimum atomic E-state index is 0.114. The quantitative estimate of drug-likeness (QED) is 0.849. The Kier molecular flexibility index (Phi) is 5.09. The minimum Gasteiger partial charge on any atom is -0.393 e. The van der Waals surface area contributed by atoms with Crippen molar-refractivity contribution in [3.63, 3.8) is 0 Å². The molecule has 4 nitrogen and oxygen atoms in total. The molecule has 2 rings (SSSR count). The molecule has 1 heterocycles. The van der Waals surface area contributed by atoms with Crippen LogP contribution in [0.15, 0.2) is 24.3 Å². The number of carbonyl (C=O) groups excluding carboxylic acids is 1. The second-order valence-electron chi connectivity index (χ2n) is 5.07. The van der Waals surface area contributed by atoms with Crippen molar-refractivity contribution < 1.29 is 4.79 Å². The first-order chi connectivity index (χ1) is 9.60. The van der Waals surface area contributed by atoms with Crippen LogP contribution in [0.4, 0.5) is 0 Å². The SMILES string of the molecule is CCN1CCN(C(=O)c2ccc(CC(N)=S)cc2)CC1. The zero-order chi connectivity index (χ0) is 14.5. The van der Waals surface area contributed by atoms with Crippen molar-refractivity contribution in [1.82, 2.24) is 9.80 Å². The highest BCUT2D eigenvalue weighted by molar-refractivity contribution is 7.80. The first-order valence-electron chi connectivity index (χ1n) is 6.99. The number of piperazine rings is 1. The molecule has 1 aromatic rings. The van der Waals surface area contributed by atoms with Gasteiger partial charge in [0.05, 0.1) is 4.99 Å². The number of nitrogens with two attached hydrogens (primary N) is 1. The molecule has 1 fully saturated rings.